The van der Waals surface area contributed by atoms with E-state index in [1.165, 1.54) is 17.9 Å². The SMILES string of the molecule is COc1cc(-c2cc(N)n(C)n2)c(O)cc1F. The zero-order chi connectivity index (χ0) is 12.6. The first-order chi connectivity index (χ1) is 8.02. The van der Waals surface area contributed by atoms with Gasteiger partial charge in [-0.3, -0.25) is 4.68 Å². The summed E-state index contributed by atoms with van der Waals surface area (Å²) in [6.45, 7) is 0. The summed E-state index contributed by atoms with van der Waals surface area (Å²) in [4.78, 5) is 0. The van der Waals surface area contributed by atoms with Crippen LogP contribution in [0.4, 0.5) is 10.2 Å². The number of hydrogen-bond acceptors (Lipinski definition) is 4. The van der Waals surface area contributed by atoms with E-state index in [0.29, 0.717) is 17.1 Å². The van der Waals surface area contributed by atoms with Gasteiger partial charge in [0.2, 0.25) is 0 Å². The van der Waals surface area contributed by atoms with Gasteiger partial charge in [0.25, 0.3) is 0 Å². The van der Waals surface area contributed by atoms with Gasteiger partial charge in [0.05, 0.1) is 12.8 Å². The number of aromatic hydroxyl groups is 1. The predicted octanol–water partition coefficient (Wildman–Crippen LogP) is 1.52. The van der Waals surface area contributed by atoms with E-state index in [0.717, 1.165) is 6.07 Å². The highest BCUT2D eigenvalue weighted by atomic mass is 19.1. The Hall–Kier alpha value is -2.24. The van der Waals surface area contributed by atoms with E-state index in [9.17, 15) is 9.50 Å². The van der Waals surface area contributed by atoms with Crippen molar-refractivity contribution in [2.45, 2.75) is 0 Å². The number of anilines is 1. The topological polar surface area (TPSA) is 73.3 Å². The number of nitrogens with zero attached hydrogens (tertiary/aromatic N) is 2. The van der Waals surface area contributed by atoms with Gasteiger partial charge in [-0.2, -0.15) is 5.10 Å². The molecule has 90 valence electrons. The second-order valence-corrected chi connectivity index (χ2v) is 3.58. The Morgan fingerprint density at radius 1 is 1.41 bits per heavy atom. The predicted molar refractivity (Wildman–Crippen MR) is 61.2 cm³/mol. The fraction of sp³-hybridized carbons (Fsp3) is 0.182. The molecule has 1 heterocycles. The number of halogens is 1. The number of aromatic nitrogens is 2. The molecule has 2 rings (SSSR count). The third-order valence-electron chi connectivity index (χ3n) is 2.46. The van der Waals surface area contributed by atoms with Crippen molar-refractivity contribution < 1.29 is 14.2 Å². The lowest BCUT2D eigenvalue weighted by molar-refractivity contribution is 0.383. The fourth-order valence-electron chi connectivity index (χ4n) is 1.52. The van der Waals surface area contributed by atoms with Crippen LogP contribution in [0.2, 0.25) is 0 Å². The monoisotopic (exact) mass is 237 g/mol. The number of phenols is 1. The Balaban J connectivity index is 2.58. The van der Waals surface area contributed by atoms with Gasteiger partial charge < -0.3 is 15.6 Å². The molecule has 0 fully saturated rings. The summed E-state index contributed by atoms with van der Waals surface area (Å²) in [5.41, 5.74) is 6.47. The Morgan fingerprint density at radius 3 is 2.65 bits per heavy atom. The molecule has 5 nitrogen and oxygen atoms in total. The van der Waals surface area contributed by atoms with E-state index < -0.39 is 5.82 Å². The molecule has 0 saturated carbocycles. The maximum atomic E-state index is 13.3. The molecule has 0 aliphatic heterocycles. The van der Waals surface area contributed by atoms with E-state index >= 15 is 0 Å². The number of rotatable bonds is 2. The molecule has 0 aliphatic carbocycles. The van der Waals surface area contributed by atoms with E-state index in [1.807, 2.05) is 0 Å². The molecule has 0 aliphatic rings. The van der Waals surface area contributed by atoms with Crippen LogP contribution in [0, 0.1) is 5.82 Å². The molecule has 0 saturated heterocycles. The molecule has 0 spiro atoms. The Labute approximate surface area is 97.2 Å². The average Bonchev–Trinajstić information content (AvgIpc) is 2.59. The number of hydrogen-bond donors (Lipinski definition) is 2. The van der Waals surface area contributed by atoms with E-state index in [-0.39, 0.29) is 11.5 Å². The van der Waals surface area contributed by atoms with Gasteiger partial charge in [-0.25, -0.2) is 4.39 Å². The van der Waals surface area contributed by atoms with Crippen molar-refractivity contribution in [3.63, 3.8) is 0 Å². The fourth-order valence-corrected chi connectivity index (χ4v) is 1.52. The van der Waals surface area contributed by atoms with Gasteiger partial charge in [0.15, 0.2) is 11.6 Å². The second-order valence-electron chi connectivity index (χ2n) is 3.58. The number of phenolic OH excluding ortho intramolecular Hbond substituents is 1. The molecule has 17 heavy (non-hydrogen) atoms. The lowest BCUT2D eigenvalue weighted by atomic mass is 10.1. The molecule has 0 atom stereocenters. The summed E-state index contributed by atoms with van der Waals surface area (Å²) in [6, 6.07) is 3.96. The zero-order valence-electron chi connectivity index (χ0n) is 9.44. The van der Waals surface area contributed by atoms with Crippen LogP contribution >= 0.6 is 0 Å². The minimum Gasteiger partial charge on any atom is -0.507 e. The third-order valence-corrected chi connectivity index (χ3v) is 2.46. The summed E-state index contributed by atoms with van der Waals surface area (Å²) in [5, 5.41) is 13.8. The maximum Gasteiger partial charge on any atom is 0.168 e. The van der Waals surface area contributed by atoms with Crippen molar-refractivity contribution in [1.29, 1.82) is 0 Å². The van der Waals surface area contributed by atoms with Crippen molar-refractivity contribution in [3.05, 3.63) is 24.0 Å². The quantitative estimate of drug-likeness (QED) is 0.830. The second kappa shape index (κ2) is 3.97. The van der Waals surface area contributed by atoms with Crippen molar-refractivity contribution in [3.8, 4) is 22.8 Å². The van der Waals surface area contributed by atoms with Crippen molar-refractivity contribution in [1.82, 2.24) is 9.78 Å². The summed E-state index contributed by atoms with van der Waals surface area (Å²) in [7, 11) is 3.03. The minimum atomic E-state index is -0.627. The largest absolute Gasteiger partial charge is 0.507 e. The molecule has 3 N–H and O–H groups in total. The number of ether oxygens (including phenoxy) is 1. The van der Waals surface area contributed by atoms with Gasteiger partial charge in [0, 0.05) is 24.7 Å². The number of methoxy groups -OCH3 is 1. The van der Waals surface area contributed by atoms with Crippen molar-refractivity contribution in [2.24, 2.45) is 7.05 Å². The van der Waals surface area contributed by atoms with E-state index in [4.69, 9.17) is 10.5 Å². The van der Waals surface area contributed by atoms with Crippen molar-refractivity contribution >= 4 is 5.82 Å². The number of aryl methyl sites for hydroxylation is 1. The van der Waals surface area contributed by atoms with Gasteiger partial charge in [-0.05, 0) is 6.07 Å². The maximum absolute atomic E-state index is 13.3. The van der Waals surface area contributed by atoms with E-state index in [2.05, 4.69) is 5.10 Å². The summed E-state index contributed by atoms with van der Waals surface area (Å²) in [5.74, 6) is -0.344. The van der Waals surface area contributed by atoms with E-state index in [1.54, 1.807) is 13.1 Å². The minimum absolute atomic E-state index is 0.0435. The highest BCUT2D eigenvalue weighted by Gasteiger charge is 2.14. The molecule has 0 bridgehead atoms. The van der Waals surface area contributed by atoms with Gasteiger partial charge in [-0.1, -0.05) is 0 Å². The van der Waals surface area contributed by atoms with Gasteiger partial charge in [0.1, 0.15) is 11.6 Å². The Morgan fingerprint density at radius 2 is 2.12 bits per heavy atom. The van der Waals surface area contributed by atoms with Crippen LogP contribution in [0.3, 0.4) is 0 Å². The molecule has 0 radical (unpaired) electrons. The summed E-state index contributed by atoms with van der Waals surface area (Å²) >= 11 is 0. The molecular formula is C11H12FN3O2. The van der Waals surface area contributed by atoms with Crippen LogP contribution in [0.5, 0.6) is 11.5 Å². The molecule has 1 aromatic carbocycles. The van der Waals surface area contributed by atoms with Crippen LogP contribution < -0.4 is 10.5 Å². The molecule has 0 amide bonds. The van der Waals surface area contributed by atoms with Crippen LogP contribution in [0.25, 0.3) is 11.3 Å². The molecular weight excluding hydrogens is 225 g/mol. The summed E-state index contributed by atoms with van der Waals surface area (Å²) in [6.07, 6.45) is 0. The third kappa shape index (κ3) is 1.89. The van der Waals surface area contributed by atoms with Crippen LogP contribution in [0.1, 0.15) is 0 Å². The lowest BCUT2D eigenvalue weighted by Crippen LogP contribution is -1.96. The standard InChI is InChI=1S/C11H12FN3O2/c1-15-11(13)5-8(14-15)6-3-10(17-2)7(12)4-9(6)16/h3-5,16H,13H2,1-2H3. The molecule has 2 aromatic rings. The van der Waals surface area contributed by atoms with Crippen LogP contribution in [-0.4, -0.2) is 22.0 Å². The smallest absolute Gasteiger partial charge is 0.168 e. The number of nitrogen functional groups attached to an aromatic ring is 1. The number of benzene rings is 1. The first-order valence-corrected chi connectivity index (χ1v) is 4.89. The van der Waals surface area contributed by atoms with Crippen molar-refractivity contribution in [2.75, 3.05) is 12.8 Å². The van der Waals surface area contributed by atoms with Crippen LogP contribution in [0.15, 0.2) is 18.2 Å². The molecule has 1 aromatic heterocycles. The number of nitrogens with two attached hydrogens (primary N) is 1. The highest BCUT2D eigenvalue weighted by Crippen LogP contribution is 2.34. The summed E-state index contributed by atoms with van der Waals surface area (Å²) < 4.78 is 19.6. The average molecular weight is 237 g/mol. The van der Waals surface area contributed by atoms with Gasteiger partial charge >= 0.3 is 0 Å². The molecule has 6 heteroatoms. The van der Waals surface area contributed by atoms with Gasteiger partial charge in [-0.15, -0.1) is 0 Å². The Bertz CT molecular complexity index is 547. The normalized spacial score (nSPS) is 10.5. The Kier molecular flexibility index (Phi) is 2.63. The first-order valence-electron chi connectivity index (χ1n) is 4.89. The molecule has 0 unspecified atom stereocenters. The zero-order valence-corrected chi connectivity index (χ0v) is 9.44. The lowest BCUT2D eigenvalue weighted by Gasteiger charge is -2.06. The van der Waals surface area contributed by atoms with Crippen LogP contribution in [-0.2, 0) is 7.05 Å². The first kappa shape index (κ1) is 11.3. The highest BCUT2D eigenvalue weighted by molar-refractivity contribution is 5.70.